The summed E-state index contributed by atoms with van der Waals surface area (Å²) in [7, 11) is 0. The van der Waals surface area contributed by atoms with Gasteiger partial charge in [-0.2, -0.15) is 0 Å². The molecule has 1 aliphatic rings. The number of ether oxygens (including phenoxy) is 1. The SMILES string of the molecule is CC(=O)Nc1cccc(-c2cc(-c3ccc(Oc4cc(C5CC5)ccn4)cc3F)cc3cncnc23)c1. The first-order valence-electron chi connectivity index (χ1n) is 12.1. The zero-order valence-electron chi connectivity index (χ0n) is 20.1. The normalized spacial score (nSPS) is 12.9. The highest BCUT2D eigenvalue weighted by Gasteiger charge is 2.24. The van der Waals surface area contributed by atoms with Gasteiger partial charge in [0.05, 0.1) is 5.52 Å². The molecule has 3 aromatic carbocycles. The first-order valence-corrected chi connectivity index (χ1v) is 12.1. The lowest BCUT2D eigenvalue weighted by Crippen LogP contribution is -2.05. The van der Waals surface area contributed by atoms with Crippen LogP contribution in [0.5, 0.6) is 11.6 Å². The molecule has 0 aliphatic heterocycles. The van der Waals surface area contributed by atoms with Crippen molar-refractivity contribution in [2.45, 2.75) is 25.7 Å². The topological polar surface area (TPSA) is 77.0 Å². The monoisotopic (exact) mass is 490 g/mol. The Bertz CT molecular complexity index is 1650. The molecule has 0 radical (unpaired) electrons. The molecule has 1 aliphatic carbocycles. The second-order valence-corrected chi connectivity index (χ2v) is 9.19. The number of aromatic nitrogens is 3. The van der Waals surface area contributed by atoms with Crippen molar-refractivity contribution in [2.24, 2.45) is 0 Å². The molecular formula is C30H23FN4O2. The standard InChI is InChI=1S/C30H23FN4O2/c1-18(36)35-24-4-2-3-21(12-24)27-13-22(11-23-16-32-17-34-30(23)27)26-8-7-25(15-28(26)31)37-29-14-20(9-10-33-29)19-5-6-19/h2-4,7-17,19H,5-6H2,1H3,(H,35,36). The van der Waals surface area contributed by atoms with Crippen LogP contribution in [0.1, 0.15) is 31.2 Å². The fraction of sp³-hybridized carbons (Fsp3) is 0.133. The van der Waals surface area contributed by atoms with Gasteiger partial charge in [-0.05, 0) is 77.9 Å². The lowest BCUT2D eigenvalue weighted by Gasteiger charge is -2.13. The molecule has 1 amide bonds. The summed E-state index contributed by atoms with van der Waals surface area (Å²) < 4.78 is 21.3. The van der Waals surface area contributed by atoms with Crippen molar-refractivity contribution in [1.82, 2.24) is 15.0 Å². The van der Waals surface area contributed by atoms with Gasteiger partial charge < -0.3 is 10.1 Å². The van der Waals surface area contributed by atoms with Crippen molar-refractivity contribution < 1.29 is 13.9 Å². The lowest BCUT2D eigenvalue weighted by atomic mass is 9.95. The number of fused-ring (bicyclic) bond motifs is 1. The van der Waals surface area contributed by atoms with E-state index in [1.807, 2.05) is 48.5 Å². The van der Waals surface area contributed by atoms with Gasteiger partial charge in [-0.3, -0.25) is 4.79 Å². The van der Waals surface area contributed by atoms with Gasteiger partial charge in [0, 0.05) is 53.7 Å². The van der Waals surface area contributed by atoms with E-state index in [0.717, 1.165) is 22.0 Å². The lowest BCUT2D eigenvalue weighted by molar-refractivity contribution is -0.114. The predicted molar refractivity (Wildman–Crippen MR) is 141 cm³/mol. The maximum Gasteiger partial charge on any atom is 0.221 e. The number of hydrogen-bond donors (Lipinski definition) is 1. The number of pyridine rings is 1. The van der Waals surface area contributed by atoms with Gasteiger partial charge >= 0.3 is 0 Å². The molecule has 6 nitrogen and oxygen atoms in total. The molecule has 37 heavy (non-hydrogen) atoms. The van der Waals surface area contributed by atoms with Crippen molar-refractivity contribution >= 4 is 22.5 Å². The van der Waals surface area contributed by atoms with Crippen LogP contribution in [0.15, 0.2) is 85.5 Å². The van der Waals surface area contributed by atoms with Gasteiger partial charge in [0.15, 0.2) is 0 Å². The Morgan fingerprint density at radius 3 is 2.68 bits per heavy atom. The third kappa shape index (κ3) is 4.89. The van der Waals surface area contributed by atoms with Gasteiger partial charge in [-0.1, -0.05) is 12.1 Å². The molecule has 0 bridgehead atoms. The third-order valence-electron chi connectivity index (χ3n) is 6.38. The van der Waals surface area contributed by atoms with Crippen LogP contribution in [0.3, 0.4) is 0 Å². The molecule has 0 unspecified atom stereocenters. The predicted octanol–water partition coefficient (Wildman–Crippen LogP) is 7.13. The maximum absolute atomic E-state index is 15.4. The van der Waals surface area contributed by atoms with Crippen molar-refractivity contribution in [1.29, 1.82) is 0 Å². The van der Waals surface area contributed by atoms with Crippen LogP contribution in [0.2, 0.25) is 0 Å². The molecular weight excluding hydrogens is 467 g/mol. The zero-order chi connectivity index (χ0) is 25.4. The van der Waals surface area contributed by atoms with Crippen LogP contribution in [-0.4, -0.2) is 20.9 Å². The van der Waals surface area contributed by atoms with Gasteiger partial charge in [-0.15, -0.1) is 0 Å². The van der Waals surface area contributed by atoms with Crippen LogP contribution < -0.4 is 10.1 Å². The second-order valence-electron chi connectivity index (χ2n) is 9.19. The summed E-state index contributed by atoms with van der Waals surface area (Å²) in [5.74, 6) is 0.853. The van der Waals surface area contributed by atoms with Gasteiger partial charge in [0.2, 0.25) is 11.8 Å². The summed E-state index contributed by atoms with van der Waals surface area (Å²) in [5, 5.41) is 3.59. The number of nitrogens with one attached hydrogen (secondary N) is 1. The molecule has 2 heterocycles. The number of benzene rings is 3. The van der Waals surface area contributed by atoms with Crippen LogP contribution in [0.4, 0.5) is 10.1 Å². The minimum Gasteiger partial charge on any atom is -0.439 e. The Hall–Kier alpha value is -4.65. The highest BCUT2D eigenvalue weighted by atomic mass is 19.1. The number of carbonyl (C=O) groups excluding carboxylic acids is 1. The number of hydrogen-bond acceptors (Lipinski definition) is 5. The van der Waals surface area contributed by atoms with E-state index in [1.54, 1.807) is 24.5 Å². The van der Waals surface area contributed by atoms with E-state index in [4.69, 9.17) is 4.74 Å². The highest BCUT2D eigenvalue weighted by Crippen LogP contribution is 2.41. The number of nitrogens with zero attached hydrogens (tertiary/aromatic N) is 3. The van der Waals surface area contributed by atoms with Crippen molar-refractivity contribution in [3.05, 3.63) is 96.8 Å². The van der Waals surface area contributed by atoms with E-state index < -0.39 is 5.82 Å². The molecule has 182 valence electrons. The van der Waals surface area contributed by atoms with Gasteiger partial charge in [0.1, 0.15) is 17.9 Å². The number of anilines is 1. The number of carbonyl (C=O) groups is 1. The molecule has 2 aromatic heterocycles. The van der Waals surface area contributed by atoms with E-state index in [0.29, 0.717) is 34.4 Å². The molecule has 1 fully saturated rings. The quantitative estimate of drug-likeness (QED) is 0.274. The molecule has 1 saturated carbocycles. The van der Waals surface area contributed by atoms with Crippen molar-refractivity contribution in [2.75, 3.05) is 5.32 Å². The number of rotatable bonds is 6. The maximum atomic E-state index is 15.4. The van der Waals surface area contributed by atoms with E-state index in [2.05, 4.69) is 20.3 Å². The zero-order valence-corrected chi connectivity index (χ0v) is 20.1. The fourth-order valence-electron chi connectivity index (χ4n) is 4.51. The Morgan fingerprint density at radius 2 is 1.86 bits per heavy atom. The summed E-state index contributed by atoms with van der Waals surface area (Å²) >= 11 is 0. The van der Waals surface area contributed by atoms with Crippen LogP contribution in [0, 0.1) is 5.82 Å². The summed E-state index contributed by atoms with van der Waals surface area (Å²) in [5.41, 5.74) is 5.37. The van der Waals surface area contributed by atoms with Crippen LogP contribution in [0.25, 0.3) is 33.2 Å². The van der Waals surface area contributed by atoms with E-state index >= 15 is 4.39 Å². The Morgan fingerprint density at radius 1 is 0.973 bits per heavy atom. The fourth-order valence-corrected chi connectivity index (χ4v) is 4.51. The van der Waals surface area contributed by atoms with Crippen LogP contribution in [-0.2, 0) is 4.79 Å². The third-order valence-corrected chi connectivity index (χ3v) is 6.38. The average molecular weight is 491 g/mol. The van der Waals surface area contributed by atoms with Gasteiger partial charge in [0.25, 0.3) is 0 Å². The van der Waals surface area contributed by atoms with Crippen molar-refractivity contribution in [3.8, 4) is 33.9 Å². The summed E-state index contributed by atoms with van der Waals surface area (Å²) in [6, 6.07) is 20.0. The van der Waals surface area contributed by atoms with E-state index in [9.17, 15) is 4.79 Å². The molecule has 7 heteroatoms. The first kappa shape index (κ1) is 22.8. The smallest absolute Gasteiger partial charge is 0.221 e. The van der Waals surface area contributed by atoms with Crippen molar-refractivity contribution in [3.63, 3.8) is 0 Å². The summed E-state index contributed by atoms with van der Waals surface area (Å²) in [6.45, 7) is 1.46. The minimum atomic E-state index is -0.412. The molecule has 0 atom stereocenters. The molecule has 0 spiro atoms. The molecule has 1 N–H and O–H groups in total. The summed E-state index contributed by atoms with van der Waals surface area (Å²) in [6.07, 6.45) is 7.29. The number of halogens is 1. The van der Waals surface area contributed by atoms with Crippen LogP contribution >= 0.6 is 0 Å². The summed E-state index contributed by atoms with van der Waals surface area (Å²) in [4.78, 5) is 24.5. The minimum absolute atomic E-state index is 0.156. The highest BCUT2D eigenvalue weighted by molar-refractivity contribution is 5.98. The Balaban J connectivity index is 1.37. The van der Waals surface area contributed by atoms with E-state index in [-0.39, 0.29) is 5.91 Å². The average Bonchev–Trinajstić information content (AvgIpc) is 3.74. The first-order chi connectivity index (χ1) is 18.0. The Kier molecular flexibility index (Phi) is 5.81. The van der Waals surface area contributed by atoms with Gasteiger partial charge in [-0.25, -0.2) is 19.3 Å². The largest absolute Gasteiger partial charge is 0.439 e. The van der Waals surface area contributed by atoms with E-state index in [1.165, 1.54) is 37.7 Å². The molecule has 6 rings (SSSR count). The second kappa shape index (κ2) is 9.43. The molecule has 0 saturated heterocycles. The Labute approximate surface area is 213 Å². The molecule has 5 aromatic rings. The number of amides is 1.